The largest absolute Gasteiger partial charge is 0.344 e. The third kappa shape index (κ3) is 4.07. The number of benzene rings is 1. The number of nitrogens with one attached hydrogen (secondary N) is 2. The van der Waals surface area contributed by atoms with Crippen molar-refractivity contribution in [1.82, 2.24) is 25.5 Å². The predicted octanol–water partition coefficient (Wildman–Crippen LogP) is 2.16. The smallest absolute Gasteiger partial charge is 0.246 e. The second kappa shape index (κ2) is 6.86. The molecule has 0 bridgehead atoms. The minimum atomic E-state index is -0.637. The quantitative estimate of drug-likeness (QED) is 0.855. The lowest BCUT2D eigenvalue weighted by molar-refractivity contribution is -0.131. The summed E-state index contributed by atoms with van der Waals surface area (Å²) in [4.78, 5) is 24.4. The molecule has 2 N–H and O–H groups in total. The van der Waals surface area contributed by atoms with Gasteiger partial charge in [-0.15, -0.1) is 5.10 Å². The molecule has 2 aromatic rings. The summed E-state index contributed by atoms with van der Waals surface area (Å²) < 4.78 is 1.83. The van der Waals surface area contributed by atoms with E-state index in [4.69, 9.17) is 0 Å². The van der Waals surface area contributed by atoms with Crippen molar-refractivity contribution in [1.29, 1.82) is 0 Å². The van der Waals surface area contributed by atoms with Crippen LogP contribution in [0.2, 0.25) is 0 Å². The number of rotatable bonds is 5. The van der Waals surface area contributed by atoms with Gasteiger partial charge in [-0.1, -0.05) is 32.9 Å². The van der Waals surface area contributed by atoms with Crippen molar-refractivity contribution in [3.8, 4) is 11.4 Å². The fourth-order valence-corrected chi connectivity index (χ4v) is 2.41. The molecule has 1 heterocycles. The van der Waals surface area contributed by atoms with Gasteiger partial charge in [0, 0.05) is 16.7 Å². The van der Waals surface area contributed by atoms with Crippen molar-refractivity contribution in [2.75, 3.05) is 5.32 Å². The van der Waals surface area contributed by atoms with Crippen molar-refractivity contribution in [3.63, 3.8) is 0 Å². The summed E-state index contributed by atoms with van der Waals surface area (Å²) in [5.74, 6) is 0.247. The molecule has 1 unspecified atom stereocenters. The first-order valence-corrected chi connectivity index (χ1v) is 8.76. The molecule has 1 saturated carbocycles. The Bertz CT molecular complexity index is 819. The number of nitrogens with zero attached hydrogens (tertiary/aromatic N) is 4. The SMILES string of the molecule is CC(NC(=O)C(C)(C)C)C(=O)Nc1cccc(-c2nnnn2C2CC2)c1. The second-order valence-electron chi connectivity index (χ2n) is 7.69. The van der Waals surface area contributed by atoms with E-state index in [1.54, 1.807) is 33.8 Å². The molecule has 0 saturated heterocycles. The minimum absolute atomic E-state index is 0.169. The summed E-state index contributed by atoms with van der Waals surface area (Å²) in [6, 6.07) is 7.11. The van der Waals surface area contributed by atoms with Crippen LogP contribution in [-0.4, -0.2) is 38.1 Å². The van der Waals surface area contributed by atoms with Gasteiger partial charge in [0.1, 0.15) is 6.04 Å². The maximum atomic E-state index is 12.4. The molecule has 1 aromatic carbocycles. The van der Waals surface area contributed by atoms with E-state index in [1.807, 2.05) is 22.9 Å². The van der Waals surface area contributed by atoms with Gasteiger partial charge in [0.25, 0.3) is 0 Å². The van der Waals surface area contributed by atoms with E-state index >= 15 is 0 Å². The summed E-state index contributed by atoms with van der Waals surface area (Å²) >= 11 is 0. The Hall–Kier alpha value is -2.77. The van der Waals surface area contributed by atoms with Gasteiger partial charge in [-0.25, -0.2) is 4.68 Å². The molecule has 1 aliphatic carbocycles. The van der Waals surface area contributed by atoms with Crippen LogP contribution >= 0.6 is 0 Å². The van der Waals surface area contributed by atoms with Crippen molar-refractivity contribution >= 4 is 17.5 Å². The molecular formula is C18H24N6O2. The molecule has 3 rings (SSSR count). The first-order chi connectivity index (χ1) is 12.3. The monoisotopic (exact) mass is 356 g/mol. The van der Waals surface area contributed by atoms with Gasteiger partial charge >= 0.3 is 0 Å². The standard InChI is InChI=1S/C18H24N6O2/c1-11(19-17(26)18(2,3)4)16(25)20-13-7-5-6-12(10-13)15-21-22-23-24(15)14-8-9-14/h5-7,10-11,14H,8-9H2,1-4H3,(H,19,26)(H,20,25). The molecule has 1 fully saturated rings. The molecule has 0 spiro atoms. The maximum absolute atomic E-state index is 12.4. The highest BCUT2D eigenvalue weighted by atomic mass is 16.2. The third-order valence-electron chi connectivity index (χ3n) is 4.20. The first-order valence-electron chi connectivity index (χ1n) is 8.76. The number of hydrogen-bond acceptors (Lipinski definition) is 5. The van der Waals surface area contributed by atoms with Crippen molar-refractivity contribution < 1.29 is 9.59 Å². The van der Waals surface area contributed by atoms with Crippen LogP contribution < -0.4 is 10.6 Å². The normalized spacial score (nSPS) is 15.4. The first kappa shape index (κ1) is 18.0. The van der Waals surface area contributed by atoms with Gasteiger partial charge in [0.15, 0.2) is 5.82 Å². The van der Waals surface area contributed by atoms with Crippen LogP contribution in [0, 0.1) is 5.41 Å². The second-order valence-corrected chi connectivity index (χ2v) is 7.69. The fourth-order valence-electron chi connectivity index (χ4n) is 2.41. The van der Waals surface area contributed by atoms with Crippen LogP contribution in [-0.2, 0) is 9.59 Å². The van der Waals surface area contributed by atoms with Crippen molar-refractivity contribution in [3.05, 3.63) is 24.3 Å². The highest BCUT2D eigenvalue weighted by molar-refractivity contribution is 5.97. The van der Waals surface area contributed by atoms with Crippen LogP contribution in [0.4, 0.5) is 5.69 Å². The van der Waals surface area contributed by atoms with Crippen LogP contribution in [0.15, 0.2) is 24.3 Å². The molecule has 2 amide bonds. The van der Waals surface area contributed by atoms with E-state index in [0.29, 0.717) is 17.6 Å². The van der Waals surface area contributed by atoms with Gasteiger partial charge in [-0.2, -0.15) is 0 Å². The van der Waals surface area contributed by atoms with E-state index in [0.717, 1.165) is 18.4 Å². The molecule has 138 valence electrons. The van der Waals surface area contributed by atoms with Gasteiger partial charge in [0.2, 0.25) is 11.8 Å². The molecule has 0 radical (unpaired) electrons. The van der Waals surface area contributed by atoms with Crippen LogP contribution in [0.1, 0.15) is 46.6 Å². The zero-order valence-electron chi connectivity index (χ0n) is 15.5. The zero-order chi connectivity index (χ0) is 18.9. The number of anilines is 1. The Morgan fingerprint density at radius 2 is 2.00 bits per heavy atom. The van der Waals surface area contributed by atoms with Gasteiger partial charge < -0.3 is 10.6 Å². The highest BCUT2D eigenvalue weighted by Crippen LogP contribution is 2.36. The van der Waals surface area contributed by atoms with E-state index in [1.165, 1.54) is 0 Å². The summed E-state index contributed by atoms with van der Waals surface area (Å²) in [6.45, 7) is 7.08. The molecule has 1 aromatic heterocycles. The number of carbonyl (C=O) groups excluding carboxylic acids is 2. The molecule has 26 heavy (non-hydrogen) atoms. The van der Waals surface area contributed by atoms with Gasteiger partial charge in [-0.05, 0) is 42.3 Å². The maximum Gasteiger partial charge on any atom is 0.246 e. The number of hydrogen-bond donors (Lipinski definition) is 2. The van der Waals surface area contributed by atoms with Crippen LogP contribution in [0.3, 0.4) is 0 Å². The molecule has 8 nitrogen and oxygen atoms in total. The molecular weight excluding hydrogens is 332 g/mol. The number of amides is 2. The topological polar surface area (TPSA) is 102 Å². The van der Waals surface area contributed by atoms with Crippen molar-refractivity contribution in [2.45, 2.75) is 52.6 Å². The Morgan fingerprint density at radius 3 is 2.65 bits per heavy atom. The summed E-state index contributed by atoms with van der Waals surface area (Å²) in [5.41, 5.74) is 0.926. The Morgan fingerprint density at radius 1 is 1.27 bits per heavy atom. The lowest BCUT2D eigenvalue weighted by atomic mass is 9.95. The summed E-state index contributed by atoms with van der Waals surface area (Å²) in [6.07, 6.45) is 2.17. The average Bonchev–Trinajstić information content (AvgIpc) is 3.30. The predicted molar refractivity (Wildman–Crippen MR) is 97.2 cm³/mol. The van der Waals surface area contributed by atoms with E-state index in [2.05, 4.69) is 26.2 Å². The Balaban J connectivity index is 1.69. The summed E-state index contributed by atoms with van der Waals surface area (Å²) in [7, 11) is 0. The third-order valence-corrected chi connectivity index (χ3v) is 4.20. The molecule has 8 heteroatoms. The molecule has 0 aliphatic heterocycles. The van der Waals surface area contributed by atoms with Gasteiger partial charge in [0.05, 0.1) is 6.04 Å². The van der Waals surface area contributed by atoms with E-state index < -0.39 is 11.5 Å². The average molecular weight is 356 g/mol. The number of carbonyl (C=O) groups is 2. The lowest BCUT2D eigenvalue weighted by Gasteiger charge is -2.21. The van der Waals surface area contributed by atoms with E-state index in [-0.39, 0.29) is 11.8 Å². The van der Waals surface area contributed by atoms with E-state index in [9.17, 15) is 9.59 Å². The van der Waals surface area contributed by atoms with Crippen LogP contribution in [0.25, 0.3) is 11.4 Å². The fraction of sp³-hybridized carbons (Fsp3) is 0.500. The molecule has 1 aliphatic rings. The van der Waals surface area contributed by atoms with Crippen molar-refractivity contribution in [2.24, 2.45) is 5.41 Å². The molecule has 1 atom stereocenters. The lowest BCUT2D eigenvalue weighted by Crippen LogP contribution is -2.46. The summed E-state index contributed by atoms with van der Waals surface area (Å²) in [5, 5.41) is 17.5. The number of aromatic nitrogens is 4. The Labute approximate surface area is 152 Å². The Kier molecular flexibility index (Phi) is 4.76. The van der Waals surface area contributed by atoms with Gasteiger partial charge in [-0.3, -0.25) is 9.59 Å². The zero-order valence-corrected chi connectivity index (χ0v) is 15.5. The van der Waals surface area contributed by atoms with Crippen LogP contribution in [0.5, 0.6) is 0 Å². The highest BCUT2D eigenvalue weighted by Gasteiger charge is 2.28. The number of tetrazole rings is 1. The minimum Gasteiger partial charge on any atom is -0.344 e.